The first-order valence-corrected chi connectivity index (χ1v) is 8.59. The molecular formula is C18H30O7. The zero-order valence-corrected chi connectivity index (χ0v) is 15.9. The normalized spacial score (nSPS) is 26.3. The fourth-order valence-electron chi connectivity index (χ4n) is 2.72. The van der Waals surface area contributed by atoms with Crippen LogP contribution in [0.1, 0.15) is 67.2 Å². The van der Waals surface area contributed by atoms with Crippen molar-refractivity contribution in [1.82, 2.24) is 0 Å². The molecule has 0 aliphatic heterocycles. The highest BCUT2D eigenvalue weighted by atomic mass is 16.6. The van der Waals surface area contributed by atoms with E-state index in [2.05, 4.69) is 0 Å². The van der Waals surface area contributed by atoms with Crippen molar-refractivity contribution in [3.8, 4) is 0 Å². The van der Waals surface area contributed by atoms with Crippen LogP contribution in [0.5, 0.6) is 0 Å². The molecule has 1 saturated carbocycles. The predicted octanol–water partition coefficient (Wildman–Crippen LogP) is 2.29. The van der Waals surface area contributed by atoms with E-state index in [-0.39, 0.29) is 12.8 Å². The van der Waals surface area contributed by atoms with Crippen LogP contribution < -0.4 is 0 Å². The molecule has 144 valence electrons. The molecule has 4 unspecified atom stereocenters. The maximum atomic E-state index is 12.3. The third kappa shape index (κ3) is 5.99. The number of aliphatic carboxylic acids is 1. The topological polar surface area (TPSA) is 110 Å². The standard InChI is InChI=1S/C18H30O7/c1-7-17(5,10-14(21)25-16(3,4)9-13(19)20)11(2)24-15(22)12-8-18(12,6)23/h11-12,23H,7-10H2,1-6H3,(H,19,20). The maximum Gasteiger partial charge on any atom is 0.312 e. The number of carbonyl (C=O) groups is 3. The van der Waals surface area contributed by atoms with Gasteiger partial charge in [0.2, 0.25) is 0 Å². The van der Waals surface area contributed by atoms with Crippen LogP contribution in [0.3, 0.4) is 0 Å². The highest BCUT2D eigenvalue weighted by molar-refractivity contribution is 5.78. The quantitative estimate of drug-likeness (QED) is 0.608. The molecule has 0 aromatic carbocycles. The monoisotopic (exact) mass is 358 g/mol. The number of hydrogen-bond acceptors (Lipinski definition) is 6. The first-order valence-electron chi connectivity index (χ1n) is 8.59. The van der Waals surface area contributed by atoms with Crippen LogP contribution in [0.15, 0.2) is 0 Å². The zero-order chi connectivity index (χ0) is 19.6. The Balaban J connectivity index is 2.66. The number of rotatable bonds is 9. The van der Waals surface area contributed by atoms with E-state index < -0.39 is 46.5 Å². The van der Waals surface area contributed by atoms with Crippen LogP contribution in [0.25, 0.3) is 0 Å². The number of carbonyl (C=O) groups excluding carboxylic acids is 2. The van der Waals surface area contributed by atoms with Gasteiger partial charge in [-0.3, -0.25) is 14.4 Å². The van der Waals surface area contributed by atoms with Crippen molar-refractivity contribution in [3.05, 3.63) is 0 Å². The Hall–Kier alpha value is -1.63. The molecule has 0 radical (unpaired) electrons. The molecule has 7 nitrogen and oxygen atoms in total. The summed E-state index contributed by atoms with van der Waals surface area (Å²) in [6.07, 6.45) is 0.117. The Kier molecular flexibility index (Phi) is 6.27. The molecule has 2 N–H and O–H groups in total. The van der Waals surface area contributed by atoms with Crippen LogP contribution in [0.2, 0.25) is 0 Å². The van der Waals surface area contributed by atoms with Crippen LogP contribution in [0, 0.1) is 11.3 Å². The van der Waals surface area contributed by atoms with E-state index in [1.165, 1.54) is 0 Å². The number of ether oxygens (including phenoxy) is 2. The molecule has 0 aromatic rings. The minimum Gasteiger partial charge on any atom is -0.481 e. The minimum atomic E-state index is -1.11. The Morgan fingerprint density at radius 2 is 1.76 bits per heavy atom. The lowest BCUT2D eigenvalue weighted by atomic mass is 9.79. The molecule has 0 bridgehead atoms. The first-order chi connectivity index (χ1) is 11.2. The summed E-state index contributed by atoms with van der Waals surface area (Å²) in [6.45, 7) is 10.1. The minimum absolute atomic E-state index is 0.00204. The van der Waals surface area contributed by atoms with Crippen molar-refractivity contribution in [2.75, 3.05) is 0 Å². The van der Waals surface area contributed by atoms with Crippen molar-refractivity contribution in [3.63, 3.8) is 0 Å². The lowest BCUT2D eigenvalue weighted by molar-refractivity contribution is -0.170. The molecule has 1 fully saturated rings. The number of carboxylic acids is 1. The molecule has 1 aliphatic carbocycles. The van der Waals surface area contributed by atoms with E-state index in [1.54, 1.807) is 27.7 Å². The molecule has 25 heavy (non-hydrogen) atoms. The van der Waals surface area contributed by atoms with E-state index >= 15 is 0 Å². The van der Waals surface area contributed by atoms with Crippen molar-refractivity contribution >= 4 is 17.9 Å². The summed E-state index contributed by atoms with van der Waals surface area (Å²) in [5.74, 6) is -2.55. The van der Waals surface area contributed by atoms with E-state index in [4.69, 9.17) is 14.6 Å². The van der Waals surface area contributed by atoms with Crippen molar-refractivity contribution in [2.24, 2.45) is 11.3 Å². The molecule has 0 spiro atoms. The van der Waals surface area contributed by atoms with Gasteiger partial charge in [-0.05, 0) is 40.5 Å². The molecule has 0 saturated heterocycles. The lowest BCUT2D eigenvalue weighted by Gasteiger charge is -2.34. The number of aliphatic hydroxyl groups is 1. The summed E-state index contributed by atoms with van der Waals surface area (Å²) in [7, 11) is 0. The van der Waals surface area contributed by atoms with Crippen LogP contribution in [0.4, 0.5) is 0 Å². The Morgan fingerprint density at radius 3 is 2.16 bits per heavy atom. The molecule has 4 atom stereocenters. The van der Waals surface area contributed by atoms with Gasteiger partial charge in [0.05, 0.1) is 24.4 Å². The number of esters is 2. The summed E-state index contributed by atoms with van der Waals surface area (Å²) in [4.78, 5) is 35.1. The average molecular weight is 358 g/mol. The van der Waals surface area contributed by atoms with Gasteiger partial charge in [0.25, 0.3) is 0 Å². The third-order valence-electron chi connectivity index (χ3n) is 5.09. The third-order valence-corrected chi connectivity index (χ3v) is 5.09. The maximum absolute atomic E-state index is 12.3. The van der Waals surface area contributed by atoms with Gasteiger partial charge < -0.3 is 19.7 Å². The predicted molar refractivity (Wildman–Crippen MR) is 89.7 cm³/mol. The summed E-state index contributed by atoms with van der Waals surface area (Å²) in [5, 5.41) is 18.6. The van der Waals surface area contributed by atoms with Gasteiger partial charge in [-0.2, -0.15) is 0 Å². The summed E-state index contributed by atoms with van der Waals surface area (Å²) in [5.41, 5.74) is -2.75. The van der Waals surface area contributed by atoms with Gasteiger partial charge in [0.1, 0.15) is 11.7 Å². The van der Waals surface area contributed by atoms with Gasteiger partial charge >= 0.3 is 17.9 Å². The van der Waals surface area contributed by atoms with Crippen LogP contribution >= 0.6 is 0 Å². The van der Waals surface area contributed by atoms with Crippen molar-refractivity contribution in [1.29, 1.82) is 0 Å². The molecule has 0 amide bonds. The molecule has 0 aromatic heterocycles. The Labute approximate surface area is 148 Å². The zero-order valence-electron chi connectivity index (χ0n) is 15.9. The smallest absolute Gasteiger partial charge is 0.312 e. The summed E-state index contributed by atoms with van der Waals surface area (Å²) >= 11 is 0. The second kappa shape index (κ2) is 7.32. The van der Waals surface area contributed by atoms with Crippen molar-refractivity contribution in [2.45, 2.75) is 84.5 Å². The van der Waals surface area contributed by atoms with E-state index in [0.29, 0.717) is 12.8 Å². The summed E-state index contributed by atoms with van der Waals surface area (Å²) in [6, 6.07) is 0. The lowest BCUT2D eigenvalue weighted by Crippen LogP contribution is -2.39. The molecule has 0 heterocycles. The Morgan fingerprint density at radius 1 is 1.24 bits per heavy atom. The van der Waals surface area contributed by atoms with E-state index in [9.17, 15) is 19.5 Å². The highest BCUT2D eigenvalue weighted by Crippen LogP contribution is 2.44. The average Bonchev–Trinajstić information content (AvgIpc) is 3.05. The van der Waals surface area contributed by atoms with Gasteiger partial charge in [-0.25, -0.2) is 0 Å². The Bertz CT molecular complexity index is 538. The number of hydrogen-bond donors (Lipinski definition) is 2. The van der Waals surface area contributed by atoms with Crippen LogP contribution in [-0.4, -0.2) is 45.4 Å². The SMILES string of the molecule is CCC(C)(CC(=O)OC(C)(C)CC(=O)O)C(C)OC(=O)C1CC1(C)O. The van der Waals surface area contributed by atoms with Gasteiger partial charge in [0.15, 0.2) is 0 Å². The molecule has 1 aliphatic rings. The second-order valence-electron chi connectivity index (χ2n) is 8.18. The fraction of sp³-hybridized carbons (Fsp3) is 0.833. The summed E-state index contributed by atoms with van der Waals surface area (Å²) < 4.78 is 10.8. The first kappa shape index (κ1) is 21.4. The van der Waals surface area contributed by atoms with Gasteiger partial charge in [0, 0.05) is 5.41 Å². The molecule has 7 heteroatoms. The van der Waals surface area contributed by atoms with Gasteiger partial charge in [-0.15, -0.1) is 0 Å². The fourth-order valence-corrected chi connectivity index (χ4v) is 2.72. The van der Waals surface area contributed by atoms with Crippen molar-refractivity contribution < 1.29 is 34.1 Å². The van der Waals surface area contributed by atoms with Gasteiger partial charge in [-0.1, -0.05) is 13.8 Å². The highest BCUT2D eigenvalue weighted by Gasteiger charge is 2.55. The van der Waals surface area contributed by atoms with Crippen LogP contribution in [-0.2, 0) is 23.9 Å². The second-order valence-corrected chi connectivity index (χ2v) is 8.18. The molecular weight excluding hydrogens is 328 g/mol. The molecule has 1 rings (SSSR count). The number of carboxylic acid groups (broad SMARTS) is 1. The van der Waals surface area contributed by atoms with E-state index in [0.717, 1.165) is 0 Å². The van der Waals surface area contributed by atoms with E-state index in [1.807, 2.05) is 13.8 Å². The largest absolute Gasteiger partial charge is 0.481 e.